The van der Waals surface area contributed by atoms with Crippen molar-refractivity contribution in [2.24, 2.45) is 0 Å². The van der Waals surface area contributed by atoms with E-state index in [1.165, 1.54) is 6.42 Å². The standard InChI is InChI=1S/C13H16N2O/c1-2-3-5-11-8-9-15(14-11)12-6-4-7-13(16)10-12/h4,6-10,16H,2-3,5H2,1H3. The lowest BCUT2D eigenvalue weighted by atomic mass is 10.2. The molecule has 3 heteroatoms. The zero-order chi connectivity index (χ0) is 11.4. The molecule has 0 bridgehead atoms. The smallest absolute Gasteiger partial charge is 0.117 e. The lowest BCUT2D eigenvalue weighted by Gasteiger charge is -2.01. The van der Waals surface area contributed by atoms with Crippen LogP contribution in [0.15, 0.2) is 36.5 Å². The molecule has 1 aromatic carbocycles. The molecule has 1 aromatic heterocycles. The largest absolute Gasteiger partial charge is 0.508 e. The van der Waals surface area contributed by atoms with Crippen LogP contribution in [0.2, 0.25) is 0 Å². The molecule has 0 radical (unpaired) electrons. The fraction of sp³-hybridized carbons (Fsp3) is 0.308. The zero-order valence-corrected chi connectivity index (χ0v) is 9.43. The highest BCUT2D eigenvalue weighted by atomic mass is 16.3. The van der Waals surface area contributed by atoms with Crippen LogP contribution in [0.4, 0.5) is 0 Å². The predicted octanol–water partition coefficient (Wildman–Crippen LogP) is 2.92. The molecule has 84 valence electrons. The van der Waals surface area contributed by atoms with E-state index in [9.17, 15) is 5.11 Å². The number of benzene rings is 1. The third-order valence-corrected chi connectivity index (χ3v) is 2.53. The molecule has 0 saturated carbocycles. The summed E-state index contributed by atoms with van der Waals surface area (Å²) in [4.78, 5) is 0. The molecular weight excluding hydrogens is 200 g/mol. The number of rotatable bonds is 4. The molecule has 3 nitrogen and oxygen atoms in total. The minimum absolute atomic E-state index is 0.267. The van der Waals surface area contributed by atoms with E-state index < -0.39 is 0 Å². The monoisotopic (exact) mass is 216 g/mol. The van der Waals surface area contributed by atoms with E-state index in [1.807, 2.05) is 24.4 Å². The molecule has 1 N–H and O–H groups in total. The van der Waals surface area contributed by atoms with Gasteiger partial charge in [0.2, 0.25) is 0 Å². The highest BCUT2D eigenvalue weighted by Crippen LogP contribution is 2.15. The topological polar surface area (TPSA) is 38.0 Å². The summed E-state index contributed by atoms with van der Waals surface area (Å²) >= 11 is 0. The minimum Gasteiger partial charge on any atom is -0.508 e. The first-order valence-electron chi connectivity index (χ1n) is 5.63. The molecule has 0 aliphatic carbocycles. The molecule has 0 unspecified atom stereocenters. The summed E-state index contributed by atoms with van der Waals surface area (Å²) in [5, 5.41) is 13.8. The Labute approximate surface area is 95.3 Å². The van der Waals surface area contributed by atoms with Crippen molar-refractivity contribution in [2.75, 3.05) is 0 Å². The van der Waals surface area contributed by atoms with Crippen LogP contribution >= 0.6 is 0 Å². The minimum atomic E-state index is 0.267. The van der Waals surface area contributed by atoms with Crippen molar-refractivity contribution in [1.29, 1.82) is 0 Å². The van der Waals surface area contributed by atoms with Crippen molar-refractivity contribution in [3.05, 3.63) is 42.2 Å². The van der Waals surface area contributed by atoms with Gasteiger partial charge in [-0.3, -0.25) is 0 Å². The van der Waals surface area contributed by atoms with Gasteiger partial charge in [0, 0.05) is 12.3 Å². The van der Waals surface area contributed by atoms with E-state index in [0.717, 1.165) is 24.2 Å². The van der Waals surface area contributed by atoms with E-state index in [2.05, 4.69) is 12.0 Å². The van der Waals surface area contributed by atoms with Crippen LogP contribution in [-0.4, -0.2) is 14.9 Å². The number of unbranched alkanes of at least 4 members (excludes halogenated alkanes) is 1. The molecule has 16 heavy (non-hydrogen) atoms. The van der Waals surface area contributed by atoms with Crippen LogP contribution < -0.4 is 0 Å². The zero-order valence-electron chi connectivity index (χ0n) is 9.43. The van der Waals surface area contributed by atoms with Crippen LogP contribution in [0.5, 0.6) is 5.75 Å². The number of hydrogen-bond donors (Lipinski definition) is 1. The van der Waals surface area contributed by atoms with Gasteiger partial charge in [0.05, 0.1) is 11.4 Å². The molecule has 0 aliphatic heterocycles. The molecule has 0 fully saturated rings. The van der Waals surface area contributed by atoms with Gasteiger partial charge in [-0.05, 0) is 31.0 Å². The molecular formula is C13H16N2O. The quantitative estimate of drug-likeness (QED) is 0.853. The first kappa shape index (κ1) is 10.7. The highest BCUT2D eigenvalue weighted by Gasteiger charge is 2.01. The summed E-state index contributed by atoms with van der Waals surface area (Å²) in [6, 6.07) is 9.13. The lowest BCUT2D eigenvalue weighted by Crippen LogP contribution is -1.95. The summed E-state index contributed by atoms with van der Waals surface area (Å²) in [7, 11) is 0. The van der Waals surface area contributed by atoms with E-state index >= 15 is 0 Å². The van der Waals surface area contributed by atoms with Crippen molar-refractivity contribution < 1.29 is 5.11 Å². The molecule has 0 atom stereocenters. The van der Waals surface area contributed by atoms with Crippen molar-refractivity contribution in [3.63, 3.8) is 0 Å². The van der Waals surface area contributed by atoms with Crippen molar-refractivity contribution in [2.45, 2.75) is 26.2 Å². The second kappa shape index (κ2) is 4.84. The van der Waals surface area contributed by atoms with Gasteiger partial charge in [-0.25, -0.2) is 4.68 Å². The molecule has 0 amide bonds. The van der Waals surface area contributed by atoms with Crippen LogP contribution in [-0.2, 0) is 6.42 Å². The maximum atomic E-state index is 9.38. The van der Waals surface area contributed by atoms with Crippen LogP contribution in [0, 0.1) is 0 Å². The molecule has 2 aromatic rings. The first-order valence-corrected chi connectivity index (χ1v) is 5.63. The van der Waals surface area contributed by atoms with Gasteiger partial charge in [-0.2, -0.15) is 5.10 Å². The summed E-state index contributed by atoms with van der Waals surface area (Å²) in [6.45, 7) is 2.17. The van der Waals surface area contributed by atoms with Crippen molar-refractivity contribution >= 4 is 0 Å². The maximum absolute atomic E-state index is 9.38. The third kappa shape index (κ3) is 2.42. The van der Waals surface area contributed by atoms with Gasteiger partial charge >= 0.3 is 0 Å². The Morgan fingerprint density at radius 3 is 2.94 bits per heavy atom. The second-order valence-corrected chi connectivity index (χ2v) is 3.88. The molecule has 0 spiro atoms. The average Bonchev–Trinajstić information content (AvgIpc) is 2.75. The maximum Gasteiger partial charge on any atom is 0.117 e. The van der Waals surface area contributed by atoms with Gasteiger partial charge in [0.15, 0.2) is 0 Å². The van der Waals surface area contributed by atoms with Gasteiger partial charge in [-0.15, -0.1) is 0 Å². The van der Waals surface area contributed by atoms with Gasteiger partial charge in [0.25, 0.3) is 0 Å². The number of phenolic OH excluding ortho intramolecular Hbond substituents is 1. The Hall–Kier alpha value is -1.77. The summed E-state index contributed by atoms with van der Waals surface area (Å²) in [6.07, 6.45) is 5.29. The molecule has 0 aliphatic rings. The summed E-state index contributed by atoms with van der Waals surface area (Å²) < 4.78 is 1.80. The Morgan fingerprint density at radius 1 is 1.31 bits per heavy atom. The average molecular weight is 216 g/mol. The van der Waals surface area contributed by atoms with E-state index in [0.29, 0.717) is 0 Å². The molecule has 1 heterocycles. The summed E-state index contributed by atoms with van der Waals surface area (Å²) in [5.74, 6) is 0.267. The SMILES string of the molecule is CCCCc1ccn(-c2cccc(O)c2)n1. The van der Waals surface area contributed by atoms with E-state index in [-0.39, 0.29) is 5.75 Å². The van der Waals surface area contributed by atoms with Gasteiger partial charge in [-0.1, -0.05) is 19.4 Å². The van der Waals surface area contributed by atoms with Gasteiger partial charge in [0.1, 0.15) is 5.75 Å². The number of aromatic nitrogens is 2. The van der Waals surface area contributed by atoms with Crippen molar-refractivity contribution in [1.82, 2.24) is 9.78 Å². The second-order valence-electron chi connectivity index (χ2n) is 3.88. The Balaban J connectivity index is 2.18. The van der Waals surface area contributed by atoms with E-state index in [4.69, 9.17) is 0 Å². The van der Waals surface area contributed by atoms with Crippen LogP contribution in [0.25, 0.3) is 5.69 Å². The molecule has 2 rings (SSSR count). The normalized spacial score (nSPS) is 10.6. The Kier molecular flexibility index (Phi) is 3.25. The third-order valence-electron chi connectivity index (χ3n) is 2.53. The number of phenols is 1. The number of hydrogen-bond acceptors (Lipinski definition) is 2. The number of nitrogens with zero attached hydrogens (tertiary/aromatic N) is 2. The predicted molar refractivity (Wildman–Crippen MR) is 63.8 cm³/mol. The fourth-order valence-corrected chi connectivity index (χ4v) is 1.63. The number of aromatic hydroxyl groups is 1. The molecule has 0 saturated heterocycles. The van der Waals surface area contributed by atoms with Crippen LogP contribution in [0.1, 0.15) is 25.5 Å². The van der Waals surface area contributed by atoms with Crippen LogP contribution in [0.3, 0.4) is 0 Å². The highest BCUT2D eigenvalue weighted by molar-refractivity contribution is 5.37. The first-order chi connectivity index (χ1) is 7.79. The van der Waals surface area contributed by atoms with Crippen molar-refractivity contribution in [3.8, 4) is 11.4 Å². The van der Waals surface area contributed by atoms with Gasteiger partial charge < -0.3 is 5.11 Å². The Bertz CT molecular complexity index is 462. The fourth-order valence-electron chi connectivity index (χ4n) is 1.63. The van der Waals surface area contributed by atoms with E-state index in [1.54, 1.807) is 16.8 Å². The number of aryl methyl sites for hydroxylation is 1. The Morgan fingerprint density at radius 2 is 2.19 bits per heavy atom. The summed E-state index contributed by atoms with van der Waals surface area (Å²) in [5.41, 5.74) is 1.99. The lowest BCUT2D eigenvalue weighted by molar-refractivity contribution is 0.475.